The molecule has 3 N–H and O–H groups in total. The SMILES string of the molecule is NCc1ccc(-c2nc3c(N4CCN(Cc5ccc(C(F)(F)F)nc5)CC4)c(Cl)cnc3[nH]2)cc1. The maximum Gasteiger partial charge on any atom is 0.433 e. The fraction of sp³-hybridized carbons (Fsp3) is 0.292. The fourth-order valence-corrected chi connectivity index (χ4v) is 4.49. The van der Waals surface area contributed by atoms with Crippen LogP contribution in [0, 0.1) is 0 Å². The predicted molar refractivity (Wildman–Crippen MR) is 129 cm³/mol. The summed E-state index contributed by atoms with van der Waals surface area (Å²) in [6.07, 6.45) is -1.51. The van der Waals surface area contributed by atoms with E-state index in [0.29, 0.717) is 48.2 Å². The number of H-pyrrole nitrogens is 1. The molecule has 4 heterocycles. The Bertz CT molecular complexity index is 1310. The number of nitrogens with zero attached hydrogens (tertiary/aromatic N) is 5. The smallest absolute Gasteiger partial charge is 0.366 e. The van der Waals surface area contributed by atoms with Gasteiger partial charge in [-0.1, -0.05) is 41.9 Å². The Morgan fingerprint density at radius 2 is 1.66 bits per heavy atom. The van der Waals surface area contributed by atoms with E-state index in [0.717, 1.165) is 41.5 Å². The molecule has 0 bridgehead atoms. The van der Waals surface area contributed by atoms with Crippen molar-refractivity contribution in [3.05, 3.63) is 70.6 Å². The van der Waals surface area contributed by atoms with E-state index in [9.17, 15) is 13.2 Å². The summed E-state index contributed by atoms with van der Waals surface area (Å²) in [5.41, 5.74) is 9.71. The van der Waals surface area contributed by atoms with Crippen LogP contribution in [0.25, 0.3) is 22.6 Å². The van der Waals surface area contributed by atoms with Crippen molar-refractivity contribution in [3.8, 4) is 11.4 Å². The highest BCUT2D eigenvalue weighted by Crippen LogP contribution is 2.34. The van der Waals surface area contributed by atoms with E-state index in [1.807, 2.05) is 24.3 Å². The molecule has 1 aliphatic rings. The maximum absolute atomic E-state index is 12.7. The number of fused-ring (bicyclic) bond motifs is 1. The molecule has 7 nitrogen and oxygen atoms in total. The Morgan fingerprint density at radius 3 is 2.29 bits per heavy atom. The number of pyridine rings is 2. The topological polar surface area (TPSA) is 87.0 Å². The zero-order valence-electron chi connectivity index (χ0n) is 18.7. The van der Waals surface area contributed by atoms with Crippen LogP contribution in [0.15, 0.2) is 48.8 Å². The van der Waals surface area contributed by atoms with Crippen molar-refractivity contribution < 1.29 is 13.2 Å². The highest BCUT2D eigenvalue weighted by molar-refractivity contribution is 6.34. The van der Waals surface area contributed by atoms with Crippen molar-refractivity contribution >= 4 is 28.5 Å². The number of rotatable bonds is 5. The van der Waals surface area contributed by atoms with Gasteiger partial charge < -0.3 is 15.6 Å². The average molecular weight is 502 g/mol. The Hall–Kier alpha value is -3.21. The Kier molecular flexibility index (Phi) is 6.35. The van der Waals surface area contributed by atoms with E-state index < -0.39 is 11.9 Å². The number of piperazine rings is 1. The number of halogens is 4. The Balaban J connectivity index is 1.31. The van der Waals surface area contributed by atoms with E-state index in [4.69, 9.17) is 22.3 Å². The van der Waals surface area contributed by atoms with Gasteiger partial charge in [-0.15, -0.1) is 0 Å². The van der Waals surface area contributed by atoms with Crippen LogP contribution < -0.4 is 10.6 Å². The summed E-state index contributed by atoms with van der Waals surface area (Å²) >= 11 is 6.56. The number of benzene rings is 1. The lowest BCUT2D eigenvalue weighted by atomic mass is 10.1. The third-order valence-corrected chi connectivity index (χ3v) is 6.39. The van der Waals surface area contributed by atoms with E-state index in [-0.39, 0.29) is 0 Å². The molecule has 1 aliphatic heterocycles. The monoisotopic (exact) mass is 501 g/mol. The van der Waals surface area contributed by atoms with Gasteiger partial charge in [0.2, 0.25) is 0 Å². The van der Waals surface area contributed by atoms with Crippen molar-refractivity contribution in [1.29, 1.82) is 0 Å². The van der Waals surface area contributed by atoms with Gasteiger partial charge in [0.1, 0.15) is 17.0 Å². The minimum Gasteiger partial charge on any atom is -0.366 e. The molecule has 1 aromatic carbocycles. The minimum absolute atomic E-state index is 0.475. The van der Waals surface area contributed by atoms with Crippen LogP contribution in [0.2, 0.25) is 5.02 Å². The number of nitrogens with two attached hydrogens (primary N) is 1. The van der Waals surface area contributed by atoms with Gasteiger partial charge in [-0.05, 0) is 17.2 Å². The quantitative estimate of drug-likeness (QED) is 0.419. The molecular weight excluding hydrogens is 479 g/mol. The molecular formula is C24H23ClF3N7. The lowest BCUT2D eigenvalue weighted by molar-refractivity contribution is -0.141. The van der Waals surface area contributed by atoms with Crippen LogP contribution in [-0.4, -0.2) is 51.0 Å². The zero-order valence-corrected chi connectivity index (χ0v) is 19.4. The molecule has 0 saturated carbocycles. The molecule has 35 heavy (non-hydrogen) atoms. The molecule has 0 unspecified atom stereocenters. The second-order valence-corrected chi connectivity index (χ2v) is 8.86. The predicted octanol–water partition coefficient (Wildman–Crippen LogP) is 4.47. The van der Waals surface area contributed by atoms with Gasteiger partial charge in [0, 0.05) is 51.0 Å². The van der Waals surface area contributed by atoms with Gasteiger partial charge in [0.05, 0.1) is 16.9 Å². The summed E-state index contributed by atoms with van der Waals surface area (Å²) in [7, 11) is 0. The van der Waals surface area contributed by atoms with Crippen LogP contribution in [0.5, 0.6) is 0 Å². The first kappa shape index (κ1) is 23.5. The van der Waals surface area contributed by atoms with Gasteiger partial charge >= 0.3 is 6.18 Å². The third kappa shape index (κ3) is 4.95. The first-order chi connectivity index (χ1) is 16.8. The number of anilines is 1. The number of imidazole rings is 1. The highest BCUT2D eigenvalue weighted by Gasteiger charge is 2.32. The summed E-state index contributed by atoms with van der Waals surface area (Å²) in [5, 5.41) is 0.523. The van der Waals surface area contributed by atoms with E-state index in [1.54, 1.807) is 6.20 Å². The number of aromatic amines is 1. The van der Waals surface area contributed by atoms with Crippen molar-refractivity contribution in [2.45, 2.75) is 19.3 Å². The minimum atomic E-state index is -4.43. The van der Waals surface area contributed by atoms with Crippen LogP contribution >= 0.6 is 11.6 Å². The van der Waals surface area contributed by atoms with Crippen molar-refractivity contribution in [2.75, 3.05) is 31.1 Å². The number of hydrogen-bond acceptors (Lipinski definition) is 6. The molecule has 5 rings (SSSR count). The molecule has 182 valence electrons. The first-order valence-electron chi connectivity index (χ1n) is 11.1. The average Bonchev–Trinajstić information content (AvgIpc) is 3.29. The molecule has 0 amide bonds. The second-order valence-electron chi connectivity index (χ2n) is 8.45. The molecule has 0 spiro atoms. The molecule has 4 aromatic rings. The summed E-state index contributed by atoms with van der Waals surface area (Å²) in [6, 6.07) is 10.4. The van der Waals surface area contributed by atoms with Gasteiger partial charge in [-0.2, -0.15) is 13.2 Å². The molecule has 1 saturated heterocycles. The molecule has 0 aliphatic carbocycles. The summed E-state index contributed by atoms with van der Waals surface area (Å²) in [4.78, 5) is 20.4. The molecule has 11 heteroatoms. The molecule has 0 atom stereocenters. The maximum atomic E-state index is 12.7. The van der Waals surface area contributed by atoms with Crippen molar-refractivity contribution in [2.24, 2.45) is 5.73 Å². The fourth-order valence-electron chi connectivity index (χ4n) is 4.23. The third-order valence-electron chi connectivity index (χ3n) is 6.12. The Labute approximate surface area is 204 Å². The van der Waals surface area contributed by atoms with Gasteiger partial charge in [-0.3, -0.25) is 9.88 Å². The Morgan fingerprint density at radius 1 is 0.943 bits per heavy atom. The van der Waals surface area contributed by atoms with Crippen LogP contribution in [0.4, 0.5) is 18.9 Å². The molecule has 3 aromatic heterocycles. The van der Waals surface area contributed by atoms with Gasteiger partial charge in [0.15, 0.2) is 5.65 Å². The van der Waals surface area contributed by atoms with Crippen LogP contribution in [-0.2, 0) is 19.3 Å². The standard InChI is InChI=1S/C24H23ClF3N7/c25-18-13-31-23-20(32-22(33-23)17-4-1-15(11-29)2-5-17)21(18)35-9-7-34(8-10-35)14-16-3-6-19(30-12-16)24(26,27)28/h1-6,12-13H,7-11,14,29H2,(H,31,32,33). The van der Waals surface area contributed by atoms with Crippen molar-refractivity contribution in [3.63, 3.8) is 0 Å². The zero-order chi connectivity index (χ0) is 24.6. The lowest BCUT2D eigenvalue weighted by Gasteiger charge is -2.36. The molecule has 0 radical (unpaired) electrons. The van der Waals surface area contributed by atoms with E-state index in [1.165, 1.54) is 12.3 Å². The van der Waals surface area contributed by atoms with Crippen molar-refractivity contribution in [1.82, 2.24) is 24.8 Å². The molecule has 1 fully saturated rings. The number of nitrogens with one attached hydrogen (secondary N) is 1. The number of aromatic nitrogens is 4. The summed E-state index contributed by atoms with van der Waals surface area (Å²) in [6.45, 7) is 3.84. The highest BCUT2D eigenvalue weighted by atomic mass is 35.5. The van der Waals surface area contributed by atoms with Gasteiger partial charge in [-0.25, -0.2) is 9.97 Å². The normalized spacial score (nSPS) is 15.2. The van der Waals surface area contributed by atoms with Crippen LogP contribution in [0.1, 0.15) is 16.8 Å². The van der Waals surface area contributed by atoms with E-state index >= 15 is 0 Å². The van der Waals surface area contributed by atoms with Crippen LogP contribution in [0.3, 0.4) is 0 Å². The second kappa shape index (κ2) is 9.44. The largest absolute Gasteiger partial charge is 0.433 e. The number of alkyl halides is 3. The lowest BCUT2D eigenvalue weighted by Crippen LogP contribution is -2.46. The summed E-state index contributed by atoms with van der Waals surface area (Å²) < 4.78 is 38.2. The van der Waals surface area contributed by atoms with Gasteiger partial charge in [0.25, 0.3) is 0 Å². The summed E-state index contributed by atoms with van der Waals surface area (Å²) in [5.74, 6) is 0.702. The van der Waals surface area contributed by atoms with E-state index in [2.05, 4.69) is 24.8 Å². The first-order valence-corrected chi connectivity index (χ1v) is 11.5. The number of hydrogen-bond donors (Lipinski definition) is 2.